The number of H-pyrrole nitrogens is 1. The summed E-state index contributed by atoms with van der Waals surface area (Å²) < 4.78 is 1.80. The lowest BCUT2D eigenvalue weighted by Crippen LogP contribution is -2.24. The molecule has 6 rings (SSSR count). The highest BCUT2D eigenvalue weighted by Crippen LogP contribution is 2.36. The maximum absolute atomic E-state index is 13.5. The lowest BCUT2D eigenvalue weighted by molar-refractivity contribution is 0.100. The number of imidazole rings is 1. The van der Waals surface area contributed by atoms with E-state index in [4.69, 9.17) is 17.3 Å². The van der Waals surface area contributed by atoms with Gasteiger partial charge in [0.25, 0.3) is 11.5 Å². The average Bonchev–Trinajstić information content (AvgIpc) is 3.63. The van der Waals surface area contributed by atoms with E-state index in [-0.39, 0.29) is 11.6 Å². The number of carbonyl (C=O) groups excluding carboxylic acids is 1. The highest BCUT2D eigenvalue weighted by molar-refractivity contribution is 7.12. The predicted octanol–water partition coefficient (Wildman–Crippen LogP) is 4.87. The van der Waals surface area contributed by atoms with E-state index in [1.165, 1.54) is 11.3 Å². The number of amides is 1. The van der Waals surface area contributed by atoms with E-state index in [2.05, 4.69) is 20.1 Å². The molecule has 3 N–H and O–H groups in total. The Labute approximate surface area is 227 Å². The highest BCUT2D eigenvalue weighted by Gasteiger charge is 2.28. The summed E-state index contributed by atoms with van der Waals surface area (Å²) in [7, 11) is 0. The Hall–Kier alpha value is -4.02. The second-order valence-corrected chi connectivity index (χ2v) is 10.6. The van der Waals surface area contributed by atoms with Gasteiger partial charge < -0.3 is 15.3 Å². The average molecular weight is 546 g/mol. The molecule has 2 aliphatic rings. The van der Waals surface area contributed by atoms with Gasteiger partial charge in [-0.1, -0.05) is 11.6 Å². The number of aromatic amines is 1. The van der Waals surface area contributed by atoms with Crippen LogP contribution in [0.25, 0.3) is 22.4 Å². The van der Waals surface area contributed by atoms with Crippen LogP contribution in [0.2, 0.25) is 5.02 Å². The molecule has 0 saturated heterocycles. The molecule has 192 valence electrons. The van der Waals surface area contributed by atoms with Crippen LogP contribution in [0.3, 0.4) is 0 Å². The molecule has 9 nitrogen and oxygen atoms in total. The van der Waals surface area contributed by atoms with E-state index >= 15 is 0 Å². The number of aliphatic imine (C=N–C) groups is 1. The van der Waals surface area contributed by atoms with Crippen molar-refractivity contribution in [1.29, 1.82) is 0 Å². The van der Waals surface area contributed by atoms with Gasteiger partial charge in [-0.3, -0.25) is 14.6 Å². The molecule has 3 aromatic heterocycles. The van der Waals surface area contributed by atoms with Crippen molar-refractivity contribution in [2.45, 2.75) is 31.7 Å². The van der Waals surface area contributed by atoms with E-state index in [0.29, 0.717) is 15.7 Å². The Balaban J connectivity index is 1.35. The topological polar surface area (TPSA) is 122 Å². The number of carbonyl (C=O) groups is 1. The fraction of sp³-hybridized carbons (Fsp3) is 0.222. The fourth-order valence-electron chi connectivity index (χ4n) is 4.92. The number of hydrazone groups is 1. The lowest BCUT2D eigenvalue weighted by Gasteiger charge is -2.20. The third kappa shape index (κ3) is 4.57. The Morgan fingerprint density at radius 3 is 2.92 bits per heavy atom. The Kier molecular flexibility index (Phi) is 6.42. The second kappa shape index (κ2) is 10.0. The van der Waals surface area contributed by atoms with E-state index in [1.807, 2.05) is 35.9 Å². The van der Waals surface area contributed by atoms with Crippen molar-refractivity contribution >= 4 is 47.1 Å². The standard InChI is InChI=1S/C27H24ClN7O2S/c28-18-3-5-22(34-15-30-7-1-2-8-32-34)20(12-18)16-9-19-4-6-23(35(19)25(36)11-16)27-31-13-21(33-27)17-10-24(26(29)37)38-14-17/h3,5,8-15,23H,1-2,4,6-7H2,(H2,29,37)(H,31,33). The van der Waals surface area contributed by atoms with Gasteiger partial charge >= 0.3 is 0 Å². The Bertz CT molecular complexity index is 1640. The monoisotopic (exact) mass is 545 g/mol. The van der Waals surface area contributed by atoms with Crippen molar-refractivity contribution < 1.29 is 4.79 Å². The summed E-state index contributed by atoms with van der Waals surface area (Å²) in [5.74, 6) is 0.247. The van der Waals surface area contributed by atoms with Crippen LogP contribution in [0.5, 0.6) is 0 Å². The van der Waals surface area contributed by atoms with E-state index in [0.717, 1.165) is 66.0 Å². The summed E-state index contributed by atoms with van der Waals surface area (Å²) in [5, 5.41) is 8.72. The number of fused-ring (bicyclic) bond motifs is 1. The molecule has 0 fully saturated rings. The minimum absolute atomic E-state index is 0.111. The zero-order valence-electron chi connectivity index (χ0n) is 20.3. The van der Waals surface area contributed by atoms with Gasteiger partial charge in [-0.25, -0.2) is 9.99 Å². The summed E-state index contributed by atoms with van der Waals surface area (Å²) >= 11 is 7.68. The van der Waals surface area contributed by atoms with Gasteiger partial charge in [0.2, 0.25) is 0 Å². The van der Waals surface area contributed by atoms with Crippen LogP contribution in [0.15, 0.2) is 62.9 Å². The van der Waals surface area contributed by atoms with Crippen LogP contribution in [-0.2, 0) is 6.42 Å². The molecule has 0 spiro atoms. The summed E-state index contributed by atoms with van der Waals surface area (Å²) in [5.41, 5.74) is 10.2. The molecule has 4 aromatic rings. The number of benzene rings is 1. The van der Waals surface area contributed by atoms with Crippen molar-refractivity contribution in [2.24, 2.45) is 15.8 Å². The molecule has 1 unspecified atom stereocenters. The first-order chi connectivity index (χ1) is 18.5. The smallest absolute Gasteiger partial charge is 0.258 e. The second-order valence-electron chi connectivity index (χ2n) is 9.21. The first-order valence-corrected chi connectivity index (χ1v) is 13.5. The van der Waals surface area contributed by atoms with Gasteiger partial charge in [0, 0.05) is 46.0 Å². The molecule has 11 heteroatoms. The van der Waals surface area contributed by atoms with E-state index in [9.17, 15) is 9.59 Å². The van der Waals surface area contributed by atoms with Crippen molar-refractivity contribution in [3.63, 3.8) is 0 Å². The number of nitrogens with two attached hydrogens (primary N) is 1. The maximum Gasteiger partial charge on any atom is 0.258 e. The third-order valence-electron chi connectivity index (χ3n) is 6.73. The normalized spacial score (nSPS) is 16.9. The summed E-state index contributed by atoms with van der Waals surface area (Å²) in [4.78, 5) is 37.8. The summed E-state index contributed by atoms with van der Waals surface area (Å²) in [6, 6.07) is 10.8. The van der Waals surface area contributed by atoms with Crippen LogP contribution in [0.4, 0.5) is 5.69 Å². The van der Waals surface area contributed by atoms with Gasteiger partial charge in [0.05, 0.1) is 28.5 Å². The number of aromatic nitrogens is 3. The number of hydrogen-bond donors (Lipinski definition) is 2. The quantitative estimate of drug-likeness (QED) is 0.371. The zero-order valence-corrected chi connectivity index (χ0v) is 21.9. The minimum Gasteiger partial charge on any atom is -0.365 e. The first-order valence-electron chi connectivity index (χ1n) is 12.3. The molecule has 1 aromatic carbocycles. The third-order valence-corrected chi connectivity index (χ3v) is 7.91. The Morgan fingerprint density at radius 1 is 1.18 bits per heavy atom. The molecular weight excluding hydrogens is 522 g/mol. The maximum atomic E-state index is 13.5. The highest BCUT2D eigenvalue weighted by atomic mass is 35.5. The number of aryl methyl sites for hydroxylation is 1. The number of thiophene rings is 1. The van der Waals surface area contributed by atoms with E-state index < -0.39 is 5.91 Å². The number of nitrogens with zero attached hydrogens (tertiary/aromatic N) is 5. The number of hydrogen-bond acceptors (Lipinski definition) is 7. The molecule has 0 radical (unpaired) electrons. The molecule has 5 heterocycles. The zero-order chi connectivity index (χ0) is 26.2. The van der Waals surface area contributed by atoms with Crippen molar-refractivity contribution in [3.8, 4) is 22.4 Å². The minimum atomic E-state index is -0.457. The number of nitrogens with one attached hydrogen (secondary N) is 1. The molecule has 0 saturated carbocycles. The van der Waals surface area contributed by atoms with Gasteiger partial charge in [0.15, 0.2) is 0 Å². The van der Waals surface area contributed by atoms with Crippen LogP contribution in [0, 0.1) is 0 Å². The van der Waals surface area contributed by atoms with Crippen LogP contribution >= 0.6 is 22.9 Å². The molecular formula is C27H24ClN7O2S. The number of halogens is 1. The molecule has 0 bridgehead atoms. The van der Waals surface area contributed by atoms with Gasteiger partial charge in [-0.15, -0.1) is 11.3 Å². The van der Waals surface area contributed by atoms with Crippen LogP contribution in [0.1, 0.15) is 46.5 Å². The van der Waals surface area contributed by atoms with Gasteiger partial charge in [-0.2, -0.15) is 5.10 Å². The lowest BCUT2D eigenvalue weighted by atomic mass is 10.0. The molecule has 1 atom stereocenters. The molecule has 38 heavy (non-hydrogen) atoms. The largest absolute Gasteiger partial charge is 0.365 e. The number of pyridine rings is 1. The van der Waals surface area contributed by atoms with Crippen LogP contribution < -0.4 is 16.3 Å². The van der Waals surface area contributed by atoms with Crippen molar-refractivity contribution in [3.05, 3.63) is 79.7 Å². The summed E-state index contributed by atoms with van der Waals surface area (Å²) in [6.07, 6.45) is 8.61. The SMILES string of the molecule is NC(=O)c1cc(-c2cnc(C3CCc4cc(-c5cc(Cl)ccc5N5C=NCCCC=N5)cc(=O)n43)[nH]2)cs1. The molecule has 1 amide bonds. The van der Waals surface area contributed by atoms with Gasteiger partial charge in [-0.05, 0) is 61.6 Å². The first kappa shape index (κ1) is 24.3. The molecule has 0 aliphatic carbocycles. The van der Waals surface area contributed by atoms with E-state index in [1.54, 1.807) is 34.2 Å². The van der Waals surface area contributed by atoms with Crippen LogP contribution in [-0.4, -0.2) is 39.5 Å². The summed E-state index contributed by atoms with van der Waals surface area (Å²) in [6.45, 7) is 0.736. The van der Waals surface area contributed by atoms with Crippen molar-refractivity contribution in [2.75, 3.05) is 11.6 Å². The number of primary amides is 1. The number of anilines is 1. The number of rotatable bonds is 5. The predicted molar refractivity (Wildman–Crippen MR) is 152 cm³/mol. The Morgan fingerprint density at radius 2 is 2.08 bits per heavy atom. The van der Waals surface area contributed by atoms with Gasteiger partial charge in [0.1, 0.15) is 12.2 Å². The van der Waals surface area contributed by atoms with Crippen molar-refractivity contribution in [1.82, 2.24) is 14.5 Å². The fourth-order valence-corrected chi connectivity index (χ4v) is 5.85. The molecule has 2 aliphatic heterocycles.